The molecule has 1 aliphatic carbocycles. The van der Waals surface area contributed by atoms with Crippen molar-refractivity contribution in [1.29, 1.82) is 0 Å². The number of aromatic nitrogens is 1. The lowest BCUT2D eigenvalue weighted by molar-refractivity contribution is -0.121. The van der Waals surface area contributed by atoms with E-state index in [1.54, 1.807) is 0 Å². The standard InChI is InChI=1S/C26H30N4O2.2H2/c1-26(2)15-27-25(32)20-5-4-17(14-21(20)26)18-6-8-22-19(18)7-9-23(28-22)29-24(31)16-10-12-30(3)13-11-16;;/h4-7,9,14,16H,8,10-13,15H2,1-3H3,(H,27,32)(H,28,29,31);2*1H. The van der Waals surface area contributed by atoms with Crippen LogP contribution in [0.3, 0.4) is 0 Å². The third kappa shape index (κ3) is 3.73. The van der Waals surface area contributed by atoms with Crippen LogP contribution in [-0.2, 0) is 16.6 Å². The van der Waals surface area contributed by atoms with Crippen molar-refractivity contribution in [2.45, 2.75) is 38.5 Å². The predicted octanol–water partition coefficient (Wildman–Crippen LogP) is 3.86. The van der Waals surface area contributed by atoms with Crippen molar-refractivity contribution in [2.75, 3.05) is 32.0 Å². The average molecular weight is 435 g/mol. The molecule has 1 saturated heterocycles. The van der Waals surface area contributed by atoms with Gasteiger partial charge in [-0.05, 0) is 73.9 Å². The Kier molecular flexibility index (Phi) is 5.13. The summed E-state index contributed by atoms with van der Waals surface area (Å²) in [6.07, 6.45) is 4.72. The number of piperidine rings is 1. The molecule has 6 nitrogen and oxygen atoms in total. The monoisotopic (exact) mass is 434 g/mol. The number of benzene rings is 1. The Morgan fingerprint density at radius 1 is 1.19 bits per heavy atom. The molecule has 2 aromatic rings. The second-order valence-corrected chi connectivity index (χ2v) is 9.91. The number of likely N-dealkylation sites (tertiary alicyclic amines) is 1. The predicted molar refractivity (Wildman–Crippen MR) is 130 cm³/mol. The second-order valence-electron chi connectivity index (χ2n) is 9.91. The number of anilines is 1. The van der Waals surface area contributed by atoms with Gasteiger partial charge in [-0.25, -0.2) is 4.98 Å². The molecule has 170 valence electrons. The Morgan fingerprint density at radius 2 is 1.94 bits per heavy atom. The van der Waals surface area contributed by atoms with Gasteiger partial charge in [-0.3, -0.25) is 9.59 Å². The third-order valence-corrected chi connectivity index (χ3v) is 7.10. The van der Waals surface area contributed by atoms with Crippen LogP contribution in [0.2, 0.25) is 0 Å². The van der Waals surface area contributed by atoms with Crippen molar-refractivity contribution in [2.24, 2.45) is 5.92 Å². The molecule has 0 unspecified atom stereocenters. The van der Waals surface area contributed by atoms with Crippen molar-refractivity contribution in [3.05, 3.63) is 64.4 Å². The van der Waals surface area contributed by atoms with Crippen LogP contribution in [-0.4, -0.2) is 48.4 Å². The number of hydrogen-bond acceptors (Lipinski definition) is 4. The molecule has 32 heavy (non-hydrogen) atoms. The third-order valence-electron chi connectivity index (χ3n) is 7.10. The van der Waals surface area contributed by atoms with Gasteiger partial charge in [0.15, 0.2) is 0 Å². The highest BCUT2D eigenvalue weighted by molar-refractivity contribution is 5.98. The first-order valence-corrected chi connectivity index (χ1v) is 11.4. The van der Waals surface area contributed by atoms with Crippen LogP contribution in [0.15, 0.2) is 36.4 Å². The Bertz CT molecular complexity index is 1140. The van der Waals surface area contributed by atoms with E-state index < -0.39 is 0 Å². The molecule has 1 fully saturated rings. The number of amides is 2. The number of carbonyl (C=O) groups excluding carboxylic acids is 2. The zero-order chi connectivity index (χ0) is 22.5. The molecule has 1 aromatic carbocycles. The number of pyridine rings is 1. The van der Waals surface area contributed by atoms with Gasteiger partial charge in [0, 0.05) is 38.3 Å². The molecule has 2 N–H and O–H groups in total. The summed E-state index contributed by atoms with van der Waals surface area (Å²) in [5.41, 5.74) is 6.07. The Morgan fingerprint density at radius 3 is 2.72 bits per heavy atom. The first-order chi connectivity index (χ1) is 15.3. The van der Waals surface area contributed by atoms with E-state index in [1.165, 1.54) is 0 Å². The number of hydrogen-bond donors (Lipinski definition) is 2. The summed E-state index contributed by atoms with van der Waals surface area (Å²) in [7, 11) is 2.10. The van der Waals surface area contributed by atoms with Gasteiger partial charge in [-0.1, -0.05) is 26.0 Å². The lowest BCUT2D eigenvalue weighted by atomic mass is 9.77. The molecule has 2 aliphatic heterocycles. The highest BCUT2D eigenvalue weighted by Crippen LogP contribution is 2.37. The minimum atomic E-state index is -0.110. The van der Waals surface area contributed by atoms with E-state index in [9.17, 15) is 9.59 Å². The molecule has 0 atom stereocenters. The van der Waals surface area contributed by atoms with Gasteiger partial charge in [0.05, 0.1) is 5.69 Å². The zero-order valence-corrected chi connectivity index (χ0v) is 19.0. The van der Waals surface area contributed by atoms with Crippen LogP contribution in [0, 0.1) is 5.92 Å². The average Bonchev–Trinajstić information content (AvgIpc) is 3.20. The molecule has 2 amide bonds. The Hall–Kier alpha value is -2.99. The van der Waals surface area contributed by atoms with Gasteiger partial charge < -0.3 is 15.5 Å². The van der Waals surface area contributed by atoms with Crippen molar-refractivity contribution in [3.8, 4) is 0 Å². The topological polar surface area (TPSA) is 74.3 Å². The number of nitrogens with one attached hydrogen (secondary N) is 2. The summed E-state index contributed by atoms with van der Waals surface area (Å²) in [5.74, 6) is 0.766. The zero-order valence-electron chi connectivity index (χ0n) is 19.0. The highest BCUT2D eigenvalue weighted by atomic mass is 16.2. The summed E-state index contributed by atoms with van der Waals surface area (Å²) >= 11 is 0. The summed E-state index contributed by atoms with van der Waals surface area (Å²) < 4.78 is 0. The van der Waals surface area contributed by atoms with Gasteiger partial charge in [0.2, 0.25) is 5.91 Å². The van der Waals surface area contributed by atoms with Gasteiger partial charge in [0.25, 0.3) is 5.91 Å². The van der Waals surface area contributed by atoms with E-state index in [4.69, 9.17) is 4.98 Å². The van der Waals surface area contributed by atoms with Crippen molar-refractivity contribution >= 4 is 23.2 Å². The van der Waals surface area contributed by atoms with Crippen LogP contribution in [0.25, 0.3) is 5.57 Å². The summed E-state index contributed by atoms with van der Waals surface area (Å²) in [4.78, 5) is 32.0. The van der Waals surface area contributed by atoms with E-state index in [0.29, 0.717) is 12.4 Å². The molecular weight excluding hydrogens is 400 g/mol. The molecule has 3 aliphatic rings. The quantitative estimate of drug-likeness (QED) is 0.769. The van der Waals surface area contributed by atoms with Crippen LogP contribution in [0.4, 0.5) is 5.82 Å². The maximum Gasteiger partial charge on any atom is 0.251 e. The Labute approximate surface area is 192 Å². The lowest BCUT2D eigenvalue weighted by Crippen LogP contribution is -2.43. The van der Waals surface area contributed by atoms with Crippen LogP contribution >= 0.6 is 0 Å². The van der Waals surface area contributed by atoms with E-state index in [0.717, 1.165) is 65.9 Å². The number of rotatable bonds is 3. The van der Waals surface area contributed by atoms with Gasteiger partial charge in [-0.15, -0.1) is 0 Å². The summed E-state index contributed by atoms with van der Waals surface area (Å²) in [6.45, 7) is 6.88. The molecule has 0 radical (unpaired) electrons. The van der Waals surface area contributed by atoms with E-state index >= 15 is 0 Å². The van der Waals surface area contributed by atoms with Crippen LogP contribution in [0.5, 0.6) is 0 Å². The number of allylic oxidation sites excluding steroid dienone is 1. The minimum Gasteiger partial charge on any atom is -0.351 e. The highest BCUT2D eigenvalue weighted by Gasteiger charge is 2.32. The molecule has 1 aromatic heterocycles. The first-order valence-electron chi connectivity index (χ1n) is 11.4. The molecule has 0 spiro atoms. The molecule has 0 saturated carbocycles. The lowest BCUT2D eigenvalue weighted by Gasteiger charge is -2.33. The molecular formula is C26H34N4O2. The van der Waals surface area contributed by atoms with Crippen LogP contribution in [0.1, 0.15) is 62.3 Å². The number of carbonyl (C=O) groups is 2. The number of fused-ring (bicyclic) bond motifs is 2. The minimum absolute atomic E-state index is 0. The largest absolute Gasteiger partial charge is 0.351 e. The van der Waals surface area contributed by atoms with Crippen molar-refractivity contribution in [1.82, 2.24) is 15.2 Å². The van der Waals surface area contributed by atoms with Crippen molar-refractivity contribution < 1.29 is 12.4 Å². The van der Waals surface area contributed by atoms with E-state index in [2.05, 4.69) is 54.6 Å². The molecule has 6 heteroatoms. The first kappa shape index (κ1) is 20.9. The maximum atomic E-state index is 12.7. The van der Waals surface area contributed by atoms with Gasteiger partial charge >= 0.3 is 0 Å². The van der Waals surface area contributed by atoms with E-state index in [-0.39, 0.29) is 26.0 Å². The molecule has 3 heterocycles. The smallest absolute Gasteiger partial charge is 0.251 e. The molecule has 0 bridgehead atoms. The number of nitrogens with zero attached hydrogens (tertiary/aromatic N) is 2. The van der Waals surface area contributed by atoms with Gasteiger partial charge in [-0.2, -0.15) is 0 Å². The van der Waals surface area contributed by atoms with Crippen molar-refractivity contribution in [3.63, 3.8) is 0 Å². The maximum absolute atomic E-state index is 12.7. The fourth-order valence-corrected chi connectivity index (χ4v) is 5.01. The molecule has 5 rings (SSSR count). The fourth-order valence-electron chi connectivity index (χ4n) is 5.01. The summed E-state index contributed by atoms with van der Waals surface area (Å²) in [6, 6.07) is 10.1. The second kappa shape index (κ2) is 7.85. The SMILES string of the molecule is CN1CCC(C(=O)Nc2ccc3c(n2)CC=C3c2ccc3c(c2)C(C)(C)CNC3=O)CC1.[HH].[HH]. The fraction of sp³-hybridized carbons (Fsp3) is 0.423. The van der Waals surface area contributed by atoms with Gasteiger partial charge in [0.1, 0.15) is 5.82 Å². The normalized spacial score (nSPS) is 20.2. The Balaban J connectivity index is 0.00000162. The van der Waals surface area contributed by atoms with Crippen LogP contribution < -0.4 is 10.6 Å². The summed E-state index contributed by atoms with van der Waals surface area (Å²) in [5, 5.41) is 6.01. The van der Waals surface area contributed by atoms with E-state index in [1.807, 2.05) is 18.2 Å².